The van der Waals surface area contributed by atoms with Crippen molar-refractivity contribution in [2.75, 3.05) is 5.32 Å². The lowest BCUT2D eigenvalue weighted by Crippen LogP contribution is -2.13. The summed E-state index contributed by atoms with van der Waals surface area (Å²) in [6.45, 7) is 1.70. The lowest BCUT2D eigenvalue weighted by molar-refractivity contribution is 0.0699. The van der Waals surface area contributed by atoms with Crippen LogP contribution in [0, 0.1) is 18.3 Å². The minimum Gasteiger partial charge on any atom is -0.478 e. The van der Waals surface area contributed by atoms with Crippen molar-refractivity contribution in [3.8, 4) is 16.5 Å². The molecule has 6 nitrogen and oxygen atoms in total. The van der Waals surface area contributed by atoms with Crippen molar-refractivity contribution in [1.29, 1.82) is 5.26 Å². The van der Waals surface area contributed by atoms with E-state index in [0.717, 1.165) is 16.7 Å². The van der Waals surface area contributed by atoms with Crippen LogP contribution in [-0.4, -0.2) is 17.0 Å². The number of amides is 1. The van der Waals surface area contributed by atoms with Gasteiger partial charge >= 0.3 is 5.97 Å². The quantitative estimate of drug-likeness (QED) is 0.349. The molecule has 0 radical (unpaired) electrons. The summed E-state index contributed by atoms with van der Waals surface area (Å²) in [4.78, 5) is 25.0. The van der Waals surface area contributed by atoms with Gasteiger partial charge in [0.2, 0.25) is 0 Å². The molecule has 9 heteroatoms. The normalized spacial score (nSPS) is 10.8. The van der Waals surface area contributed by atoms with Crippen LogP contribution >= 0.6 is 34.5 Å². The Morgan fingerprint density at radius 1 is 1.19 bits per heavy atom. The van der Waals surface area contributed by atoms with E-state index in [9.17, 15) is 20.0 Å². The van der Waals surface area contributed by atoms with Gasteiger partial charge in [-0.05, 0) is 30.7 Å². The molecular weight excluding hydrogens is 459 g/mol. The van der Waals surface area contributed by atoms with Crippen LogP contribution in [0.1, 0.15) is 32.0 Å². The molecule has 0 atom stereocenters. The highest BCUT2D eigenvalue weighted by atomic mass is 35.5. The zero-order valence-electron chi connectivity index (χ0n) is 15.8. The number of nitrogens with zero attached hydrogens (tertiary/aromatic N) is 1. The van der Waals surface area contributed by atoms with Gasteiger partial charge in [0.05, 0.1) is 26.2 Å². The number of carboxylic acid groups (broad SMARTS) is 1. The number of aromatic carboxylic acids is 1. The lowest BCUT2D eigenvalue weighted by Gasteiger charge is -2.10. The molecule has 2 aromatic heterocycles. The Morgan fingerprint density at radius 2 is 1.94 bits per heavy atom. The second-order valence-corrected chi connectivity index (χ2v) is 8.25. The minimum atomic E-state index is -1.25. The maximum absolute atomic E-state index is 12.7. The summed E-state index contributed by atoms with van der Waals surface area (Å²) >= 11 is 13.6. The van der Waals surface area contributed by atoms with E-state index < -0.39 is 11.9 Å². The van der Waals surface area contributed by atoms with Crippen LogP contribution < -0.4 is 5.32 Å². The first kappa shape index (κ1) is 20.9. The van der Waals surface area contributed by atoms with E-state index in [2.05, 4.69) is 5.32 Å². The number of fused-ring (bicyclic) bond motifs is 1. The second kappa shape index (κ2) is 8.08. The third-order valence-corrected chi connectivity index (χ3v) is 6.53. The first-order valence-corrected chi connectivity index (χ1v) is 10.5. The molecule has 0 aliphatic heterocycles. The van der Waals surface area contributed by atoms with Gasteiger partial charge in [-0.25, -0.2) is 4.79 Å². The summed E-state index contributed by atoms with van der Waals surface area (Å²) in [5.74, 6) is -1.78. The first-order chi connectivity index (χ1) is 14.8. The Balaban J connectivity index is 1.77. The lowest BCUT2D eigenvalue weighted by atomic mass is 10.0. The van der Waals surface area contributed by atoms with Gasteiger partial charge in [-0.2, -0.15) is 5.26 Å². The fourth-order valence-electron chi connectivity index (χ4n) is 3.17. The van der Waals surface area contributed by atoms with Crippen molar-refractivity contribution in [3.05, 3.63) is 74.3 Å². The molecule has 0 saturated carbocycles. The number of nitrogens with one attached hydrogen (secondary N) is 1. The highest BCUT2D eigenvalue weighted by Crippen LogP contribution is 2.43. The largest absolute Gasteiger partial charge is 0.478 e. The van der Waals surface area contributed by atoms with Crippen LogP contribution in [0.25, 0.3) is 21.4 Å². The Bertz CT molecular complexity index is 1380. The van der Waals surface area contributed by atoms with Crippen LogP contribution in [0.2, 0.25) is 10.0 Å². The van der Waals surface area contributed by atoms with Crippen LogP contribution in [0.3, 0.4) is 0 Å². The Morgan fingerprint density at radius 3 is 2.61 bits per heavy atom. The molecule has 2 heterocycles. The van der Waals surface area contributed by atoms with E-state index in [0.29, 0.717) is 21.6 Å². The molecule has 0 aliphatic carbocycles. The number of hydrogen-bond donors (Lipinski definition) is 2. The molecule has 0 aliphatic rings. The zero-order chi connectivity index (χ0) is 22.3. The van der Waals surface area contributed by atoms with Crippen molar-refractivity contribution in [1.82, 2.24) is 0 Å². The van der Waals surface area contributed by atoms with Gasteiger partial charge in [0, 0.05) is 16.3 Å². The van der Waals surface area contributed by atoms with E-state index >= 15 is 0 Å². The van der Waals surface area contributed by atoms with Gasteiger partial charge in [-0.1, -0.05) is 41.4 Å². The molecule has 1 amide bonds. The predicted octanol–water partition coefficient (Wildman–Crippen LogP) is 6.60. The molecule has 4 rings (SSSR count). The van der Waals surface area contributed by atoms with Crippen molar-refractivity contribution >= 4 is 63.1 Å². The van der Waals surface area contributed by atoms with Crippen molar-refractivity contribution in [3.63, 3.8) is 0 Å². The number of carbonyl (C=O) groups excluding carboxylic acids is 1. The van der Waals surface area contributed by atoms with Crippen molar-refractivity contribution in [2.45, 2.75) is 6.92 Å². The molecule has 4 aromatic rings. The second-order valence-electron chi connectivity index (χ2n) is 6.62. The maximum atomic E-state index is 12.7. The number of carboxylic acids is 1. The molecule has 0 saturated heterocycles. The van der Waals surface area contributed by atoms with Gasteiger partial charge in [-0.3, -0.25) is 4.79 Å². The Labute approximate surface area is 190 Å². The van der Waals surface area contributed by atoms with Gasteiger partial charge in [-0.15, -0.1) is 11.3 Å². The highest BCUT2D eigenvalue weighted by Gasteiger charge is 2.25. The van der Waals surface area contributed by atoms with E-state index in [1.807, 2.05) is 12.1 Å². The van der Waals surface area contributed by atoms with Crippen molar-refractivity contribution in [2.24, 2.45) is 0 Å². The predicted molar refractivity (Wildman–Crippen MR) is 120 cm³/mol. The van der Waals surface area contributed by atoms with E-state index in [1.165, 1.54) is 5.38 Å². The maximum Gasteiger partial charge on any atom is 0.339 e. The molecule has 0 unspecified atom stereocenters. The van der Waals surface area contributed by atoms with Gasteiger partial charge in [0.1, 0.15) is 17.2 Å². The van der Waals surface area contributed by atoms with Gasteiger partial charge in [0.15, 0.2) is 5.76 Å². The summed E-state index contributed by atoms with van der Waals surface area (Å²) in [6, 6.07) is 12.3. The molecule has 154 valence electrons. The zero-order valence-corrected chi connectivity index (χ0v) is 18.2. The fraction of sp³-hybridized carbons (Fsp3) is 0.0455. The number of thiophene rings is 1. The SMILES string of the molecule is Cc1cc(-c2scc(NC(=O)c3cc4ccccc4o3)c2C(=O)O)c(Cl)c(C#N)c1Cl. The number of furan rings is 1. The average Bonchev–Trinajstić information content (AvgIpc) is 3.35. The molecular formula is C22H12Cl2N2O4S. The molecule has 2 aromatic carbocycles. The van der Waals surface area contributed by atoms with Crippen LogP contribution in [-0.2, 0) is 0 Å². The van der Waals surface area contributed by atoms with Gasteiger partial charge in [0.25, 0.3) is 5.91 Å². The van der Waals surface area contributed by atoms with Crippen LogP contribution in [0.15, 0.2) is 46.2 Å². The highest BCUT2D eigenvalue weighted by molar-refractivity contribution is 7.14. The smallest absolute Gasteiger partial charge is 0.339 e. The number of carbonyl (C=O) groups is 2. The first-order valence-electron chi connectivity index (χ1n) is 8.85. The summed E-state index contributed by atoms with van der Waals surface area (Å²) < 4.78 is 5.54. The number of hydrogen-bond acceptors (Lipinski definition) is 5. The Hall–Kier alpha value is -3.31. The third kappa shape index (κ3) is 3.66. The number of para-hydroxylation sites is 1. The number of aryl methyl sites for hydroxylation is 1. The molecule has 31 heavy (non-hydrogen) atoms. The van der Waals surface area contributed by atoms with E-state index in [-0.39, 0.29) is 32.6 Å². The number of halogens is 2. The molecule has 0 spiro atoms. The minimum absolute atomic E-state index is 0.0532. The Kier molecular flexibility index (Phi) is 5.46. The van der Waals surface area contributed by atoms with Gasteiger partial charge < -0.3 is 14.8 Å². The summed E-state index contributed by atoms with van der Waals surface area (Å²) in [5, 5.41) is 24.3. The standard InChI is InChI=1S/C22H12Cl2N2O4S/c1-10-6-12(19(24)13(8-25)18(10)23)20-17(22(28)29)14(9-31-20)26-21(27)16-7-11-4-2-3-5-15(11)30-16/h2-7,9H,1H3,(H,26,27)(H,28,29). The number of benzene rings is 2. The number of nitriles is 1. The van der Waals surface area contributed by atoms with E-state index in [1.54, 1.807) is 37.3 Å². The molecule has 0 bridgehead atoms. The number of rotatable bonds is 4. The number of anilines is 1. The molecule has 2 N–H and O–H groups in total. The topological polar surface area (TPSA) is 103 Å². The van der Waals surface area contributed by atoms with E-state index in [4.69, 9.17) is 27.6 Å². The third-order valence-electron chi connectivity index (χ3n) is 4.64. The van der Waals surface area contributed by atoms with Crippen LogP contribution in [0.5, 0.6) is 0 Å². The monoisotopic (exact) mass is 470 g/mol. The summed E-state index contributed by atoms with van der Waals surface area (Å²) in [5.41, 5.74) is 1.50. The summed E-state index contributed by atoms with van der Waals surface area (Å²) in [7, 11) is 0. The van der Waals surface area contributed by atoms with Crippen LogP contribution in [0.4, 0.5) is 5.69 Å². The van der Waals surface area contributed by atoms with Crippen molar-refractivity contribution < 1.29 is 19.1 Å². The molecule has 0 fully saturated rings. The fourth-order valence-corrected chi connectivity index (χ4v) is 4.77. The summed E-state index contributed by atoms with van der Waals surface area (Å²) in [6.07, 6.45) is 0. The average molecular weight is 471 g/mol.